The van der Waals surface area contributed by atoms with Crippen molar-refractivity contribution in [1.82, 2.24) is 10.2 Å². The fraction of sp³-hybridized carbons (Fsp3) is 0.438. The largest absolute Gasteiger partial charge is 0.456 e. The third-order valence-corrected chi connectivity index (χ3v) is 6.19. The lowest BCUT2D eigenvalue weighted by atomic mass is 9.84. The Morgan fingerprint density at radius 1 is 1.20 bits per heavy atom. The van der Waals surface area contributed by atoms with Gasteiger partial charge in [0.05, 0.1) is 10.5 Å². The van der Waals surface area contributed by atoms with E-state index in [9.17, 15) is 4.79 Å². The average Bonchev–Trinajstić information content (AvgIpc) is 2.96. The van der Waals surface area contributed by atoms with Crippen LogP contribution in [-0.2, 0) is 0 Å². The van der Waals surface area contributed by atoms with Gasteiger partial charge in [0.1, 0.15) is 5.38 Å². The fourth-order valence-corrected chi connectivity index (χ4v) is 4.87. The zero-order valence-electron chi connectivity index (χ0n) is 11.4. The average molecular weight is 287 g/mol. The Balaban J connectivity index is 1.51. The van der Waals surface area contributed by atoms with Crippen LogP contribution in [-0.4, -0.2) is 35.8 Å². The Labute approximate surface area is 121 Å². The number of amides is 1. The van der Waals surface area contributed by atoms with E-state index in [-0.39, 0.29) is 5.24 Å². The second-order valence-electron chi connectivity index (χ2n) is 5.91. The Morgan fingerprint density at radius 3 is 2.75 bits per heavy atom. The molecule has 0 radical (unpaired) electrons. The van der Waals surface area contributed by atoms with Gasteiger partial charge in [-0.1, -0.05) is 12.1 Å². The molecule has 0 saturated carbocycles. The van der Waals surface area contributed by atoms with E-state index >= 15 is 0 Å². The fourth-order valence-electron chi connectivity index (χ4n) is 3.49. The van der Waals surface area contributed by atoms with Crippen molar-refractivity contribution in [2.45, 2.75) is 18.9 Å². The molecule has 3 saturated heterocycles. The van der Waals surface area contributed by atoms with E-state index in [1.807, 2.05) is 11.4 Å². The maximum Gasteiger partial charge on any atom is 0.456 e. The highest BCUT2D eigenvalue weighted by atomic mass is 32.2. The number of piperidine rings is 3. The summed E-state index contributed by atoms with van der Waals surface area (Å²) >= 11 is 0. The molecule has 20 heavy (non-hydrogen) atoms. The molecule has 0 aromatic rings. The molecule has 0 aromatic carbocycles. The van der Waals surface area contributed by atoms with Crippen LogP contribution in [0.2, 0.25) is 0 Å². The summed E-state index contributed by atoms with van der Waals surface area (Å²) in [6, 6.07) is 8.66. The molecule has 1 aliphatic carbocycles. The van der Waals surface area contributed by atoms with Crippen molar-refractivity contribution < 1.29 is 4.79 Å². The van der Waals surface area contributed by atoms with Crippen molar-refractivity contribution in [3.8, 4) is 11.1 Å². The molecule has 104 valence electrons. The van der Waals surface area contributed by atoms with Gasteiger partial charge in [0.15, 0.2) is 5.38 Å². The number of hydrogen-bond acceptors (Lipinski definition) is 2. The first-order chi connectivity index (χ1) is 9.79. The van der Waals surface area contributed by atoms with Crippen LogP contribution in [0.5, 0.6) is 0 Å². The second-order valence-corrected chi connectivity index (χ2v) is 7.53. The molecule has 0 aromatic heterocycles. The van der Waals surface area contributed by atoms with Gasteiger partial charge >= 0.3 is 5.24 Å². The molecule has 5 aliphatic rings. The van der Waals surface area contributed by atoms with E-state index in [0.29, 0.717) is 12.0 Å². The van der Waals surface area contributed by atoms with E-state index in [4.69, 9.17) is 0 Å². The van der Waals surface area contributed by atoms with E-state index < -0.39 is 10.5 Å². The standard InChI is InChI=1S/C16H18N2OS/c19-16(17-15-10-18-7-4-13(15)5-8-18)20-9-6-12-2-1-3-14(12)11-20/h1-3,6,9,11,13,15H,4-5,7-8,10H2/p+1/t15-,20?/m1/s1. The highest BCUT2D eigenvalue weighted by Crippen LogP contribution is 2.32. The van der Waals surface area contributed by atoms with E-state index in [1.54, 1.807) is 0 Å². The molecule has 2 atom stereocenters. The Kier molecular flexibility index (Phi) is 3.00. The van der Waals surface area contributed by atoms with Crippen LogP contribution < -0.4 is 5.32 Å². The first kappa shape index (κ1) is 12.4. The zero-order chi connectivity index (χ0) is 13.5. The SMILES string of the molecule is O=C(N[C@@H]1CN2CCC1CC2)[s+]1ccc2cccc-2c1. The lowest BCUT2D eigenvalue weighted by Crippen LogP contribution is -2.56. The number of hydrogen-bond donors (Lipinski definition) is 1. The van der Waals surface area contributed by atoms with Crippen LogP contribution in [0.4, 0.5) is 4.79 Å². The summed E-state index contributed by atoms with van der Waals surface area (Å²) < 4.78 is 0. The first-order valence-electron chi connectivity index (χ1n) is 7.33. The molecule has 5 rings (SSSR count). The normalized spacial score (nSPS) is 29.6. The van der Waals surface area contributed by atoms with Crippen molar-refractivity contribution in [2.24, 2.45) is 5.92 Å². The van der Waals surface area contributed by atoms with Gasteiger partial charge in [0.25, 0.3) is 0 Å². The number of carbonyl (C=O) groups excluding carboxylic acids is 1. The molecular weight excluding hydrogens is 268 g/mol. The van der Waals surface area contributed by atoms with Gasteiger partial charge in [-0.25, -0.2) is 4.79 Å². The third-order valence-electron chi connectivity index (χ3n) is 4.71. The van der Waals surface area contributed by atoms with Crippen LogP contribution in [0.15, 0.2) is 35.0 Å². The topological polar surface area (TPSA) is 32.3 Å². The van der Waals surface area contributed by atoms with Crippen LogP contribution in [0.3, 0.4) is 0 Å². The smallest absolute Gasteiger partial charge is 0.303 e. The molecule has 1 amide bonds. The van der Waals surface area contributed by atoms with Crippen LogP contribution >= 0.6 is 10.5 Å². The molecular formula is C16H19N2OS+. The van der Waals surface area contributed by atoms with E-state index in [2.05, 4.69) is 33.8 Å². The van der Waals surface area contributed by atoms with Gasteiger partial charge in [-0.3, -0.25) is 0 Å². The lowest BCUT2D eigenvalue weighted by Gasteiger charge is -2.44. The Morgan fingerprint density at radius 2 is 2.00 bits per heavy atom. The molecule has 3 nitrogen and oxygen atoms in total. The van der Waals surface area contributed by atoms with Gasteiger partial charge in [0, 0.05) is 18.2 Å². The molecule has 4 heterocycles. The molecule has 0 spiro atoms. The summed E-state index contributed by atoms with van der Waals surface area (Å²) in [6.45, 7) is 3.47. The summed E-state index contributed by atoms with van der Waals surface area (Å²) in [7, 11) is -0.407. The maximum absolute atomic E-state index is 12.5. The molecule has 1 unspecified atom stereocenters. The number of fused-ring (bicyclic) bond motifs is 4. The minimum absolute atomic E-state index is 0.187. The Bertz CT molecular complexity index is 600. The number of nitrogens with zero attached hydrogens (tertiary/aromatic N) is 1. The van der Waals surface area contributed by atoms with Gasteiger partial charge in [-0.05, 0) is 49.5 Å². The molecule has 3 fully saturated rings. The van der Waals surface area contributed by atoms with Gasteiger partial charge in [0.2, 0.25) is 0 Å². The first-order valence-corrected chi connectivity index (χ1v) is 8.68. The zero-order valence-corrected chi connectivity index (χ0v) is 12.2. The van der Waals surface area contributed by atoms with Gasteiger partial charge in [-0.15, -0.1) is 0 Å². The summed E-state index contributed by atoms with van der Waals surface area (Å²) in [5.41, 5.74) is 2.42. The minimum Gasteiger partial charge on any atom is -0.303 e. The molecule has 1 N–H and O–H groups in total. The highest BCUT2D eigenvalue weighted by molar-refractivity contribution is 7.48. The summed E-state index contributed by atoms with van der Waals surface area (Å²) in [5.74, 6) is 0.691. The van der Waals surface area contributed by atoms with Crippen molar-refractivity contribution in [2.75, 3.05) is 19.6 Å². The van der Waals surface area contributed by atoms with Crippen molar-refractivity contribution in [3.05, 3.63) is 35.0 Å². The summed E-state index contributed by atoms with van der Waals surface area (Å²) in [5, 5.41) is 7.62. The quantitative estimate of drug-likeness (QED) is 0.860. The summed E-state index contributed by atoms with van der Waals surface area (Å²) in [6.07, 6.45) is 2.48. The van der Waals surface area contributed by atoms with Crippen LogP contribution in [0, 0.1) is 5.92 Å². The highest BCUT2D eigenvalue weighted by Gasteiger charge is 2.36. The predicted octanol–water partition coefficient (Wildman–Crippen LogP) is 3.19. The van der Waals surface area contributed by atoms with E-state index in [0.717, 1.165) is 6.54 Å². The van der Waals surface area contributed by atoms with Gasteiger partial charge < -0.3 is 10.2 Å². The molecule has 4 aliphatic heterocycles. The lowest BCUT2D eigenvalue weighted by molar-refractivity contribution is 0.0785. The second kappa shape index (κ2) is 4.86. The van der Waals surface area contributed by atoms with Crippen molar-refractivity contribution >= 4 is 15.7 Å². The third kappa shape index (κ3) is 2.13. The van der Waals surface area contributed by atoms with Crippen LogP contribution in [0.25, 0.3) is 11.1 Å². The van der Waals surface area contributed by atoms with Crippen LogP contribution in [0.1, 0.15) is 12.8 Å². The predicted molar refractivity (Wildman–Crippen MR) is 82.4 cm³/mol. The summed E-state index contributed by atoms with van der Waals surface area (Å²) in [4.78, 5) is 15.0. The van der Waals surface area contributed by atoms with Crippen molar-refractivity contribution in [1.29, 1.82) is 0 Å². The number of carbonyl (C=O) groups is 1. The minimum atomic E-state index is -0.407. The Hall–Kier alpha value is -1.39. The van der Waals surface area contributed by atoms with Gasteiger partial charge in [-0.2, -0.15) is 0 Å². The molecule has 2 bridgehead atoms. The van der Waals surface area contributed by atoms with Crippen molar-refractivity contribution in [3.63, 3.8) is 0 Å². The monoisotopic (exact) mass is 287 g/mol. The molecule has 4 heteroatoms. The maximum atomic E-state index is 12.5. The number of nitrogens with one attached hydrogen (secondary N) is 1. The number of rotatable bonds is 2. The van der Waals surface area contributed by atoms with E-state index in [1.165, 1.54) is 37.1 Å².